The predicted molar refractivity (Wildman–Crippen MR) is 103 cm³/mol. The lowest BCUT2D eigenvalue weighted by atomic mass is 10.2. The second kappa shape index (κ2) is 8.55. The molecule has 1 aromatic heterocycles. The van der Waals surface area contributed by atoms with Crippen molar-refractivity contribution in [1.82, 2.24) is 20.3 Å². The van der Waals surface area contributed by atoms with E-state index in [0.717, 1.165) is 16.3 Å². The number of aromatic nitrogens is 1. The largest absolute Gasteiger partial charge is 0.476 e. The Balaban J connectivity index is 1.79. The molecule has 12 nitrogen and oxygen atoms in total. The van der Waals surface area contributed by atoms with Crippen molar-refractivity contribution in [2.24, 2.45) is 5.16 Å². The highest BCUT2D eigenvalue weighted by molar-refractivity contribution is 9.09. The monoisotopic (exact) mass is 483 g/mol. The molecular weight excluding hydrogens is 470 g/mol. The zero-order valence-electron chi connectivity index (χ0n) is 14.7. The van der Waals surface area contributed by atoms with Crippen molar-refractivity contribution in [3.05, 3.63) is 22.3 Å². The van der Waals surface area contributed by atoms with Gasteiger partial charge in [0.15, 0.2) is 16.5 Å². The van der Waals surface area contributed by atoms with Gasteiger partial charge in [-0.25, -0.2) is 19.8 Å². The number of hydrogen-bond donors (Lipinski definition) is 3. The maximum atomic E-state index is 12.7. The minimum absolute atomic E-state index is 0.00126. The van der Waals surface area contributed by atoms with E-state index in [0.29, 0.717) is 5.33 Å². The van der Waals surface area contributed by atoms with E-state index in [1.807, 2.05) is 0 Å². The van der Waals surface area contributed by atoms with Crippen LogP contribution < -0.4 is 11.1 Å². The first-order valence-corrected chi connectivity index (χ1v) is 10.1. The number of carboxylic acid groups (broad SMARTS) is 1. The number of halogens is 1. The summed E-state index contributed by atoms with van der Waals surface area (Å²) in [4.78, 5) is 45.9. The molecule has 29 heavy (non-hydrogen) atoms. The van der Waals surface area contributed by atoms with E-state index in [4.69, 9.17) is 15.8 Å². The number of fused-ring (bicyclic) bond motifs is 1. The van der Waals surface area contributed by atoms with Crippen LogP contribution in [-0.4, -0.2) is 74.7 Å². The number of rotatable bonds is 7. The fraction of sp³-hybridized carbons (Fsp3) is 0.333. The van der Waals surface area contributed by atoms with E-state index in [1.165, 1.54) is 10.4 Å². The van der Waals surface area contributed by atoms with Crippen LogP contribution in [0.25, 0.3) is 0 Å². The molecule has 2 amide bonds. The number of nitriles is 1. The first-order valence-electron chi connectivity index (χ1n) is 8.10. The van der Waals surface area contributed by atoms with Crippen molar-refractivity contribution in [3.63, 3.8) is 0 Å². The van der Waals surface area contributed by atoms with E-state index < -0.39 is 29.5 Å². The number of oxime groups is 1. The van der Waals surface area contributed by atoms with Gasteiger partial charge in [0.2, 0.25) is 0 Å². The SMILES string of the molecule is N#CC1=C(C(=O)O)N2C(=O)[C@@H](NC(=O)C(=NOCCBr)c3csc(N)n3)CN2C1. The van der Waals surface area contributed by atoms with Crippen LogP contribution in [0.5, 0.6) is 0 Å². The average Bonchev–Trinajstić information content (AvgIpc) is 3.34. The summed E-state index contributed by atoms with van der Waals surface area (Å²) in [7, 11) is 0. The molecule has 1 atom stereocenters. The van der Waals surface area contributed by atoms with Gasteiger partial charge in [0, 0.05) is 17.3 Å². The minimum atomic E-state index is -1.40. The minimum Gasteiger partial charge on any atom is -0.476 e. The number of alkyl halides is 1. The topological polar surface area (TPSA) is 174 Å². The number of thiazole rings is 1. The Morgan fingerprint density at radius 1 is 1.59 bits per heavy atom. The summed E-state index contributed by atoms with van der Waals surface area (Å²) in [5.41, 5.74) is 5.19. The Morgan fingerprint density at radius 2 is 2.34 bits per heavy atom. The standard InChI is InChI=1S/C15H14BrN7O5S/c16-1-2-28-21-10(9-6-29-15(18)20-9)12(24)19-8-5-22-4-7(3-17)11(14(26)27)23(22)13(8)25/h6,8H,1-2,4-5H2,(H2,18,20)(H,19,24)(H,26,27)/t8-/m0/s1. The highest BCUT2D eigenvalue weighted by Crippen LogP contribution is 2.29. The summed E-state index contributed by atoms with van der Waals surface area (Å²) in [6, 6.07) is 0.755. The first kappa shape index (κ1) is 20.7. The molecule has 3 heterocycles. The molecular formula is C15H14BrN7O5S. The van der Waals surface area contributed by atoms with Crippen molar-refractivity contribution >= 4 is 55.9 Å². The van der Waals surface area contributed by atoms with Crippen LogP contribution in [0.4, 0.5) is 5.13 Å². The Morgan fingerprint density at radius 3 is 2.93 bits per heavy atom. The molecule has 0 unspecified atom stereocenters. The molecule has 0 aromatic carbocycles. The summed E-state index contributed by atoms with van der Waals surface area (Å²) < 4.78 is 0. The van der Waals surface area contributed by atoms with Gasteiger partial charge in [-0.2, -0.15) is 5.26 Å². The summed E-state index contributed by atoms with van der Waals surface area (Å²) in [6.45, 7) is 0.166. The number of nitrogens with zero attached hydrogens (tertiary/aromatic N) is 5. The molecule has 1 saturated heterocycles. The van der Waals surface area contributed by atoms with Crippen molar-refractivity contribution < 1.29 is 24.3 Å². The van der Waals surface area contributed by atoms with Crippen LogP contribution in [0.1, 0.15) is 5.69 Å². The second-order valence-corrected chi connectivity index (χ2v) is 7.48. The fourth-order valence-electron chi connectivity index (χ4n) is 2.82. The summed E-state index contributed by atoms with van der Waals surface area (Å²) in [5, 5.41) is 29.2. The van der Waals surface area contributed by atoms with E-state index in [9.17, 15) is 19.5 Å². The van der Waals surface area contributed by atoms with Crippen LogP contribution in [0.3, 0.4) is 0 Å². The highest BCUT2D eigenvalue weighted by Gasteiger charge is 2.48. The van der Waals surface area contributed by atoms with Gasteiger partial charge in [-0.05, 0) is 0 Å². The molecule has 0 spiro atoms. The smallest absolute Gasteiger partial charge is 0.355 e. The third-order valence-electron chi connectivity index (χ3n) is 3.97. The lowest BCUT2D eigenvalue weighted by Crippen LogP contribution is -2.46. The molecule has 2 aliphatic rings. The third-order valence-corrected chi connectivity index (χ3v) is 4.97. The molecule has 0 saturated carbocycles. The number of carboxylic acids is 1. The lowest BCUT2D eigenvalue weighted by Gasteiger charge is -2.18. The van der Waals surface area contributed by atoms with Gasteiger partial charge in [-0.15, -0.1) is 11.3 Å². The second-order valence-electron chi connectivity index (χ2n) is 5.80. The molecule has 1 aromatic rings. The van der Waals surface area contributed by atoms with Crippen LogP contribution in [0.2, 0.25) is 0 Å². The van der Waals surface area contributed by atoms with Crippen LogP contribution >= 0.6 is 27.3 Å². The number of anilines is 1. The number of carbonyl (C=O) groups is 3. The highest BCUT2D eigenvalue weighted by atomic mass is 79.9. The van der Waals surface area contributed by atoms with Gasteiger partial charge in [-0.3, -0.25) is 9.59 Å². The lowest BCUT2D eigenvalue weighted by molar-refractivity contribution is -0.143. The zero-order valence-corrected chi connectivity index (χ0v) is 17.1. The molecule has 1 fully saturated rings. The molecule has 3 rings (SSSR count). The molecule has 14 heteroatoms. The summed E-state index contributed by atoms with van der Waals surface area (Å²) in [6.07, 6.45) is 0. The van der Waals surface area contributed by atoms with Gasteiger partial charge in [-0.1, -0.05) is 21.1 Å². The van der Waals surface area contributed by atoms with Gasteiger partial charge in [0.25, 0.3) is 11.8 Å². The first-order chi connectivity index (χ1) is 13.9. The molecule has 2 aliphatic heterocycles. The number of nitrogen functional groups attached to an aromatic ring is 1. The van der Waals surface area contributed by atoms with Gasteiger partial charge in [0.1, 0.15) is 18.3 Å². The van der Waals surface area contributed by atoms with E-state index in [-0.39, 0.29) is 41.8 Å². The molecule has 152 valence electrons. The van der Waals surface area contributed by atoms with Crippen LogP contribution in [0, 0.1) is 11.3 Å². The van der Waals surface area contributed by atoms with Gasteiger partial charge >= 0.3 is 5.97 Å². The fourth-order valence-corrected chi connectivity index (χ4v) is 3.51. The maximum Gasteiger partial charge on any atom is 0.355 e. The van der Waals surface area contributed by atoms with E-state index in [2.05, 4.69) is 31.4 Å². The summed E-state index contributed by atoms with van der Waals surface area (Å²) in [5.74, 6) is -2.79. The van der Waals surface area contributed by atoms with Crippen molar-refractivity contribution in [2.45, 2.75) is 6.04 Å². The van der Waals surface area contributed by atoms with E-state index in [1.54, 1.807) is 6.07 Å². The number of carbonyl (C=O) groups excluding carboxylic acids is 2. The normalized spacial score (nSPS) is 19.3. The summed E-state index contributed by atoms with van der Waals surface area (Å²) >= 11 is 4.28. The Labute approximate surface area is 176 Å². The van der Waals surface area contributed by atoms with E-state index >= 15 is 0 Å². The Bertz CT molecular complexity index is 969. The van der Waals surface area contributed by atoms with Crippen LogP contribution in [0.15, 0.2) is 21.8 Å². The third kappa shape index (κ3) is 4.06. The number of hydrazine groups is 1. The van der Waals surface area contributed by atoms with Crippen molar-refractivity contribution in [2.75, 3.05) is 30.8 Å². The Hall–Kier alpha value is -3.02. The number of aliphatic carboxylic acids is 1. The van der Waals surface area contributed by atoms with Gasteiger partial charge in [0.05, 0.1) is 18.2 Å². The quantitative estimate of drug-likeness (QED) is 0.195. The Kier molecular flexibility index (Phi) is 6.11. The number of nitrogens with one attached hydrogen (secondary N) is 1. The van der Waals surface area contributed by atoms with Crippen molar-refractivity contribution in [3.8, 4) is 6.07 Å². The predicted octanol–water partition coefficient (Wildman–Crippen LogP) is -0.739. The number of amides is 2. The molecule has 0 radical (unpaired) electrons. The number of hydrogen-bond acceptors (Lipinski definition) is 10. The van der Waals surface area contributed by atoms with Crippen molar-refractivity contribution in [1.29, 1.82) is 5.26 Å². The maximum absolute atomic E-state index is 12.7. The average molecular weight is 484 g/mol. The number of nitrogens with two attached hydrogens (primary N) is 1. The van der Waals surface area contributed by atoms with Gasteiger partial charge < -0.3 is 21.0 Å². The molecule has 0 bridgehead atoms. The zero-order chi connectivity index (χ0) is 21.1. The molecule has 0 aliphatic carbocycles. The molecule has 4 N–H and O–H groups in total. The van der Waals surface area contributed by atoms with Crippen LogP contribution in [-0.2, 0) is 19.2 Å².